The van der Waals surface area contributed by atoms with Crippen LogP contribution in [0.15, 0.2) is 12.3 Å². The van der Waals surface area contributed by atoms with Crippen molar-refractivity contribution in [3.05, 3.63) is 29.1 Å². The minimum atomic E-state index is -0.629. The van der Waals surface area contributed by atoms with E-state index in [9.17, 15) is 9.59 Å². The van der Waals surface area contributed by atoms with E-state index in [1.165, 1.54) is 6.42 Å². The molecule has 1 saturated carbocycles. The first-order valence-corrected chi connectivity index (χ1v) is 5.02. The number of fused-ring (bicyclic) bond motifs is 1. The second kappa shape index (κ2) is 2.89. The van der Waals surface area contributed by atoms with E-state index in [0.29, 0.717) is 11.5 Å². The smallest absolute Gasteiger partial charge is 0.365 e. The summed E-state index contributed by atoms with van der Waals surface area (Å²) in [6, 6.07) is 1.75. The third kappa shape index (κ3) is 1.17. The zero-order chi connectivity index (χ0) is 10.4. The fraction of sp³-hybridized carbons (Fsp3) is 0.364. The van der Waals surface area contributed by atoms with E-state index in [0.717, 1.165) is 18.4 Å². The van der Waals surface area contributed by atoms with E-state index in [2.05, 4.69) is 9.72 Å². The number of aromatic nitrogens is 1. The lowest BCUT2D eigenvalue weighted by molar-refractivity contribution is 0.0441. The van der Waals surface area contributed by atoms with Crippen molar-refractivity contribution in [3.63, 3.8) is 0 Å². The Balaban J connectivity index is 2.05. The van der Waals surface area contributed by atoms with Gasteiger partial charge in [0.05, 0.1) is 5.56 Å². The van der Waals surface area contributed by atoms with Gasteiger partial charge in [-0.05, 0) is 30.4 Å². The topological polar surface area (TPSA) is 56.3 Å². The summed E-state index contributed by atoms with van der Waals surface area (Å²) < 4.78 is 4.48. The Bertz CT molecular complexity index is 463. The van der Waals surface area contributed by atoms with Crippen LogP contribution in [0.5, 0.6) is 0 Å². The maximum atomic E-state index is 11.3. The van der Waals surface area contributed by atoms with Gasteiger partial charge in [0.2, 0.25) is 0 Å². The minimum Gasteiger partial charge on any atom is -0.384 e. The van der Waals surface area contributed by atoms with Crippen LogP contribution >= 0.6 is 0 Å². The molecule has 1 aromatic heterocycles. The zero-order valence-corrected chi connectivity index (χ0v) is 8.03. The summed E-state index contributed by atoms with van der Waals surface area (Å²) in [6.07, 6.45) is 5.20. The second-order valence-corrected chi connectivity index (χ2v) is 3.97. The van der Waals surface area contributed by atoms with Crippen LogP contribution < -0.4 is 0 Å². The molecule has 76 valence electrons. The molecule has 4 nitrogen and oxygen atoms in total. The molecule has 0 radical (unpaired) electrons. The summed E-state index contributed by atoms with van der Waals surface area (Å²) in [6.45, 7) is 0. The van der Waals surface area contributed by atoms with E-state index in [-0.39, 0.29) is 5.69 Å². The van der Waals surface area contributed by atoms with Gasteiger partial charge in [-0.2, -0.15) is 0 Å². The van der Waals surface area contributed by atoms with Gasteiger partial charge >= 0.3 is 11.9 Å². The van der Waals surface area contributed by atoms with Gasteiger partial charge in [-0.25, -0.2) is 14.6 Å². The summed E-state index contributed by atoms with van der Waals surface area (Å²) in [5.41, 5.74) is 1.53. The van der Waals surface area contributed by atoms with Crippen molar-refractivity contribution in [2.24, 2.45) is 0 Å². The molecule has 2 heterocycles. The molecule has 3 rings (SSSR count). The number of ether oxygens (including phenoxy) is 1. The van der Waals surface area contributed by atoms with E-state index in [1.807, 2.05) is 0 Å². The Labute approximate surface area is 86.3 Å². The Hall–Kier alpha value is -1.71. The first-order valence-electron chi connectivity index (χ1n) is 5.02. The van der Waals surface area contributed by atoms with Gasteiger partial charge in [-0.15, -0.1) is 0 Å². The highest BCUT2D eigenvalue weighted by molar-refractivity contribution is 6.13. The summed E-state index contributed by atoms with van der Waals surface area (Å²) in [7, 11) is 0. The number of carbonyl (C=O) groups excluding carboxylic acids is 2. The van der Waals surface area contributed by atoms with Gasteiger partial charge in [0.15, 0.2) is 5.69 Å². The predicted molar refractivity (Wildman–Crippen MR) is 50.6 cm³/mol. The van der Waals surface area contributed by atoms with Crippen LogP contribution in [0.25, 0.3) is 0 Å². The van der Waals surface area contributed by atoms with E-state index < -0.39 is 11.9 Å². The SMILES string of the molecule is O=C1OC(=O)c2ncc(C3CCC3)cc21. The van der Waals surface area contributed by atoms with Crippen molar-refractivity contribution >= 4 is 11.9 Å². The number of carbonyl (C=O) groups is 2. The monoisotopic (exact) mass is 203 g/mol. The third-order valence-electron chi connectivity index (χ3n) is 3.08. The number of cyclic esters (lactones) is 2. The molecule has 1 aliphatic carbocycles. The Morgan fingerprint density at radius 1 is 1.27 bits per heavy atom. The van der Waals surface area contributed by atoms with Gasteiger partial charge in [-0.1, -0.05) is 6.42 Å². The van der Waals surface area contributed by atoms with Crippen LogP contribution in [0.2, 0.25) is 0 Å². The Morgan fingerprint density at radius 2 is 2.07 bits per heavy atom. The van der Waals surface area contributed by atoms with Crippen LogP contribution in [0.4, 0.5) is 0 Å². The molecule has 15 heavy (non-hydrogen) atoms. The van der Waals surface area contributed by atoms with Crippen molar-refractivity contribution in [2.45, 2.75) is 25.2 Å². The van der Waals surface area contributed by atoms with Gasteiger partial charge < -0.3 is 4.74 Å². The molecule has 0 aromatic carbocycles. The maximum Gasteiger partial charge on any atom is 0.365 e. The van der Waals surface area contributed by atoms with Crippen LogP contribution in [-0.4, -0.2) is 16.9 Å². The van der Waals surface area contributed by atoms with Gasteiger partial charge in [0, 0.05) is 6.20 Å². The van der Waals surface area contributed by atoms with Crippen molar-refractivity contribution in [3.8, 4) is 0 Å². The Kier molecular flexibility index (Phi) is 1.65. The molecule has 0 atom stereocenters. The summed E-state index contributed by atoms with van der Waals surface area (Å²) in [5, 5.41) is 0. The number of nitrogens with zero attached hydrogens (tertiary/aromatic N) is 1. The number of rotatable bonds is 1. The van der Waals surface area contributed by atoms with Crippen molar-refractivity contribution < 1.29 is 14.3 Å². The fourth-order valence-electron chi connectivity index (χ4n) is 1.95. The minimum absolute atomic E-state index is 0.156. The lowest BCUT2D eigenvalue weighted by Crippen LogP contribution is -2.10. The van der Waals surface area contributed by atoms with Gasteiger partial charge in [0.1, 0.15) is 0 Å². The average Bonchev–Trinajstić information content (AvgIpc) is 2.40. The maximum absolute atomic E-state index is 11.3. The summed E-state index contributed by atoms with van der Waals surface area (Å²) in [4.78, 5) is 26.4. The van der Waals surface area contributed by atoms with Crippen molar-refractivity contribution in [1.82, 2.24) is 4.98 Å². The van der Waals surface area contributed by atoms with E-state index in [4.69, 9.17) is 0 Å². The first kappa shape index (κ1) is 8.59. The molecule has 1 aliphatic heterocycles. The normalized spacial score (nSPS) is 19.7. The van der Waals surface area contributed by atoms with Gasteiger partial charge in [0.25, 0.3) is 0 Å². The van der Waals surface area contributed by atoms with Crippen molar-refractivity contribution in [1.29, 1.82) is 0 Å². The molecule has 1 fully saturated rings. The second-order valence-electron chi connectivity index (χ2n) is 3.97. The highest BCUT2D eigenvalue weighted by atomic mass is 16.6. The molecule has 1 aromatic rings. The largest absolute Gasteiger partial charge is 0.384 e. The lowest BCUT2D eigenvalue weighted by atomic mass is 9.80. The van der Waals surface area contributed by atoms with Crippen LogP contribution in [0.1, 0.15) is 51.6 Å². The van der Waals surface area contributed by atoms with Gasteiger partial charge in [-0.3, -0.25) is 0 Å². The predicted octanol–water partition coefficient (Wildman–Crippen LogP) is 1.66. The zero-order valence-electron chi connectivity index (χ0n) is 8.03. The number of esters is 2. The molecule has 0 bridgehead atoms. The highest BCUT2D eigenvalue weighted by Gasteiger charge is 2.32. The van der Waals surface area contributed by atoms with E-state index in [1.54, 1.807) is 12.3 Å². The molecule has 0 amide bonds. The molecule has 0 unspecified atom stereocenters. The molecular weight excluding hydrogens is 194 g/mol. The standard InChI is InChI=1S/C11H9NO3/c13-10-8-4-7(6-2-1-3-6)5-12-9(8)11(14)15-10/h4-6H,1-3H2. The first-order chi connectivity index (χ1) is 7.25. The molecule has 2 aliphatic rings. The van der Waals surface area contributed by atoms with Crippen LogP contribution in [0.3, 0.4) is 0 Å². The number of pyridine rings is 1. The average molecular weight is 203 g/mol. The molecule has 4 heteroatoms. The highest BCUT2D eigenvalue weighted by Crippen LogP contribution is 2.37. The van der Waals surface area contributed by atoms with Crippen LogP contribution in [-0.2, 0) is 4.74 Å². The number of hydrogen-bond acceptors (Lipinski definition) is 4. The van der Waals surface area contributed by atoms with Crippen LogP contribution in [0, 0.1) is 0 Å². The molecule has 0 spiro atoms. The fourth-order valence-corrected chi connectivity index (χ4v) is 1.95. The summed E-state index contributed by atoms with van der Waals surface area (Å²) in [5.74, 6) is -0.690. The molecule has 0 saturated heterocycles. The Morgan fingerprint density at radius 3 is 2.73 bits per heavy atom. The molecular formula is C11H9NO3. The lowest BCUT2D eigenvalue weighted by Gasteiger charge is -2.25. The number of hydrogen-bond donors (Lipinski definition) is 0. The third-order valence-corrected chi connectivity index (χ3v) is 3.08. The summed E-state index contributed by atoms with van der Waals surface area (Å²) >= 11 is 0. The molecule has 0 N–H and O–H groups in total. The van der Waals surface area contributed by atoms with Crippen molar-refractivity contribution in [2.75, 3.05) is 0 Å². The van der Waals surface area contributed by atoms with E-state index >= 15 is 0 Å². The quantitative estimate of drug-likeness (QED) is 0.514.